The molecule has 1 saturated heterocycles. The Labute approximate surface area is 194 Å². The number of aromatic nitrogens is 2. The Morgan fingerprint density at radius 2 is 1.72 bits per heavy atom. The molecule has 2 aromatic heterocycles. The smallest absolute Gasteiger partial charge is 0.260 e. The van der Waals surface area contributed by atoms with E-state index in [0.717, 1.165) is 42.1 Å². The summed E-state index contributed by atoms with van der Waals surface area (Å²) in [5.41, 5.74) is 2.39. The van der Waals surface area contributed by atoms with Gasteiger partial charge in [0.25, 0.3) is 5.56 Å². The Balaban J connectivity index is 1.26. The third-order valence-electron chi connectivity index (χ3n) is 5.86. The number of benzene rings is 2. The van der Waals surface area contributed by atoms with E-state index in [1.807, 2.05) is 35.7 Å². The highest BCUT2D eigenvalue weighted by molar-refractivity contribution is 7.17. The van der Waals surface area contributed by atoms with Gasteiger partial charge >= 0.3 is 0 Å². The minimum Gasteiger partial charge on any atom is -0.309 e. The molecule has 32 heavy (non-hydrogen) atoms. The highest BCUT2D eigenvalue weighted by Crippen LogP contribution is 2.30. The molecule has 0 unspecified atom stereocenters. The van der Waals surface area contributed by atoms with Crippen LogP contribution in [0.1, 0.15) is 11.4 Å². The van der Waals surface area contributed by atoms with Crippen molar-refractivity contribution in [2.75, 3.05) is 26.2 Å². The van der Waals surface area contributed by atoms with Crippen molar-refractivity contribution in [1.82, 2.24) is 19.8 Å². The maximum Gasteiger partial charge on any atom is 0.260 e. The summed E-state index contributed by atoms with van der Waals surface area (Å²) in [5, 5.41) is 3.11. The molecule has 5 nitrogen and oxygen atoms in total. The van der Waals surface area contributed by atoms with E-state index in [1.54, 1.807) is 12.1 Å². The molecule has 0 aliphatic carbocycles. The number of rotatable bonds is 5. The van der Waals surface area contributed by atoms with Crippen LogP contribution in [0.2, 0.25) is 5.02 Å². The molecular formula is C24H22ClFN4OS. The fraction of sp³-hybridized carbons (Fsp3) is 0.250. The number of nitrogens with zero attached hydrogens (tertiary/aromatic N) is 3. The molecule has 2 aromatic carbocycles. The van der Waals surface area contributed by atoms with Crippen LogP contribution in [0.3, 0.4) is 0 Å². The van der Waals surface area contributed by atoms with Gasteiger partial charge in [0, 0.05) is 54.3 Å². The quantitative estimate of drug-likeness (QED) is 0.458. The van der Waals surface area contributed by atoms with Crippen molar-refractivity contribution in [1.29, 1.82) is 0 Å². The molecule has 164 valence electrons. The minimum absolute atomic E-state index is 0.0991. The molecule has 1 fully saturated rings. The van der Waals surface area contributed by atoms with Gasteiger partial charge < -0.3 is 4.98 Å². The summed E-state index contributed by atoms with van der Waals surface area (Å²) in [6.45, 7) is 4.31. The van der Waals surface area contributed by atoms with Crippen LogP contribution in [0.4, 0.5) is 4.39 Å². The number of thiophene rings is 1. The summed E-state index contributed by atoms with van der Waals surface area (Å²) in [7, 11) is 0. The second-order valence-corrected chi connectivity index (χ2v) is 9.23. The Hall–Kier alpha value is -2.58. The first-order chi connectivity index (χ1) is 15.6. The van der Waals surface area contributed by atoms with Crippen molar-refractivity contribution in [2.45, 2.75) is 13.1 Å². The molecule has 0 amide bonds. The van der Waals surface area contributed by atoms with E-state index in [1.165, 1.54) is 17.4 Å². The van der Waals surface area contributed by atoms with Crippen LogP contribution >= 0.6 is 22.9 Å². The Morgan fingerprint density at radius 1 is 1.00 bits per heavy atom. The van der Waals surface area contributed by atoms with Crippen LogP contribution in [0.15, 0.2) is 58.7 Å². The van der Waals surface area contributed by atoms with Gasteiger partial charge in [-0.25, -0.2) is 9.37 Å². The minimum atomic E-state index is -0.263. The Morgan fingerprint density at radius 3 is 2.44 bits per heavy atom. The fourth-order valence-corrected chi connectivity index (χ4v) is 5.31. The first kappa shape index (κ1) is 21.3. The van der Waals surface area contributed by atoms with Crippen LogP contribution in [0.5, 0.6) is 0 Å². The standard InChI is InChI=1S/C24H22ClFN4OS/c25-19-7-4-8-20(26)17(19)13-29-9-11-30(12-10-29)14-21-27-23(31)22-18(15-32-24(22)28-21)16-5-2-1-3-6-16/h1-8,15H,9-14H2,(H,27,28,31). The Kier molecular flexibility index (Phi) is 6.06. The lowest BCUT2D eigenvalue weighted by atomic mass is 10.1. The molecule has 5 rings (SSSR count). The van der Waals surface area contributed by atoms with E-state index < -0.39 is 0 Å². The zero-order chi connectivity index (χ0) is 22.1. The maximum atomic E-state index is 14.1. The highest BCUT2D eigenvalue weighted by atomic mass is 35.5. The number of piperazine rings is 1. The molecule has 0 bridgehead atoms. The van der Waals surface area contributed by atoms with E-state index >= 15 is 0 Å². The van der Waals surface area contributed by atoms with Gasteiger partial charge in [0.15, 0.2) is 0 Å². The van der Waals surface area contributed by atoms with Crippen molar-refractivity contribution < 1.29 is 4.39 Å². The first-order valence-electron chi connectivity index (χ1n) is 10.5. The van der Waals surface area contributed by atoms with Crippen LogP contribution in [0.25, 0.3) is 21.3 Å². The number of fused-ring (bicyclic) bond motifs is 1. The Bertz CT molecular complexity index is 1280. The average Bonchev–Trinajstić information content (AvgIpc) is 3.23. The molecule has 1 aliphatic heterocycles. The molecule has 4 aromatic rings. The third kappa shape index (κ3) is 4.34. The van der Waals surface area contributed by atoms with Gasteiger partial charge in [-0.05, 0) is 17.7 Å². The lowest BCUT2D eigenvalue weighted by Gasteiger charge is -2.34. The SMILES string of the molecule is O=c1[nH]c(CN2CCN(Cc3c(F)cccc3Cl)CC2)nc2scc(-c3ccccc3)c12. The van der Waals surface area contributed by atoms with Crippen LogP contribution in [0, 0.1) is 5.82 Å². The molecule has 1 N–H and O–H groups in total. The van der Waals surface area contributed by atoms with Crippen LogP contribution < -0.4 is 5.56 Å². The third-order valence-corrected chi connectivity index (χ3v) is 7.09. The van der Waals surface area contributed by atoms with Gasteiger partial charge in [-0.3, -0.25) is 14.6 Å². The van der Waals surface area contributed by atoms with E-state index in [4.69, 9.17) is 16.6 Å². The zero-order valence-corrected chi connectivity index (χ0v) is 18.9. The van der Waals surface area contributed by atoms with Crippen molar-refractivity contribution >= 4 is 33.2 Å². The van der Waals surface area contributed by atoms with E-state index in [0.29, 0.717) is 34.9 Å². The predicted octanol–water partition coefficient (Wildman–Crippen LogP) is 4.76. The van der Waals surface area contributed by atoms with E-state index in [9.17, 15) is 9.18 Å². The summed E-state index contributed by atoms with van der Waals surface area (Å²) < 4.78 is 14.1. The molecule has 0 atom stereocenters. The summed E-state index contributed by atoms with van der Waals surface area (Å²) in [6, 6.07) is 14.7. The second-order valence-electron chi connectivity index (χ2n) is 7.96. The molecule has 1 aliphatic rings. The normalized spacial score (nSPS) is 15.4. The lowest BCUT2D eigenvalue weighted by molar-refractivity contribution is 0.119. The highest BCUT2D eigenvalue weighted by Gasteiger charge is 2.21. The fourth-order valence-electron chi connectivity index (χ4n) is 4.12. The molecule has 8 heteroatoms. The number of hydrogen-bond donors (Lipinski definition) is 1. The van der Waals surface area contributed by atoms with Crippen molar-refractivity contribution in [3.8, 4) is 11.1 Å². The van der Waals surface area contributed by atoms with E-state index in [-0.39, 0.29) is 11.4 Å². The first-order valence-corrected chi connectivity index (χ1v) is 11.8. The summed E-state index contributed by atoms with van der Waals surface area (Å²) in [5.74, 6) is 0.412. The maximum absolute atomic E-state index is 14.1. The van der Waals surface area contributed by atoms with Gasteiger partial charge in [0.1, 0.15) is 16.5 Å². The average molecular weight is 469 g/mol. The molecule has 3 heterocycles. The van der Waals surface area contributed by atoms with Gasteiger partial charge in [-0.1, -0.05) is 48.0 Å². The zero-order valence-electron chi connectivity index (χ0n) is 17.4. The van der Waals surface area contributed by atoms with Crippen molar-refractivity contribution in [3.05, 3.63) is 86.5 Å². The molecule has 0 saturated carbocycles. The number of aromatic amines is 1. The number of halogens is 2. The van der Waals surface area contributed by atoms with Gasteiger partial charge in [-0.15, -0.1) is 11.3 Å². The van der Waals surface area contributed by atoms with Crippen molar-refractivity contribution in [3.63, 3.8) is 0 Å². The van der Waals surface area contributed by atoms with Gasteiger partial charge in [0.2, 0.25) is 0 Å². The van der Waals surface area contributed by atoms with Crippen LogP contribution in [-0.2, 0) is 13.1 Å². The molecule has 0 radical (unpaired) electrons. The molecule has 0 spiro atoms. The summed E-state index contributed by atoms with van der Waals surface area (Å²) in [6.07, 6.45) is 0. The predicted molar refractivity (Wildman–Crippen MR) is 128 cm³/mol. The van der Waals surface area contributed by atoms with Crippen molar-refractivity contribution in [2.24, 2.45) is 0 Å². The summed E-state index contributed by atoms with van der Waals surface area (Å²) in [4.78, 5) is 25.8. The number of H-pyrrole nitrogens is 1. The summed E-state index contributed by atoms with van der Waals surface area (Å²) >= 11 is 7.67. The topological polar surface area (TPSA) is 52.2 Å². The number of nitrogens with one attached hydrogen (secondary N) is 1. The van der Waals surface area contributed by atoms with Crippen LogP contribution in [-0.4, -0.2) is 45.9 Å². The second kappa shape index (κ2) is 9.11. The van der Waals surface area contributed by atoms with E-state index in [2.05, 4.69) is 14.8 Å². The lowest BCUT2D eigenvalue weighted by Crippen LogP contribution is -2.45. The van der Waals surface area contributed by atoms with Gasteiger partial charge in [-0.2, -0.15) is 0 Å². The number of hydrogen-bond acceptors (Lipinski definition) is 5. The monoisotopic (exact) mass is 468 g/mol. The largest absolute Gasteiger partial charge is 0.309 e. The van der Waals surface area contributed by atoms with Gasteiger partial charge in [0.05, 0.1) is 11.9 Å². The molecular weight excluding hydrogens is 447 g/mol.